The number of thiazole rings is 1. The maximum Gasteiger partial charge on any atom is 0.340 e. The number of hydrogen-bond acceptors (Lipinski definition) is 5. The molecule has 0 saturated carbocycles. The topological polar surface area (TPSA) is 92.3 Å². The summed E-state index contributed by atoms with van der Waals surface area (Å²) in [5.74, 6) is -1.33. The summed E-state index contributed by atoms with van der Waals surface area (Å²) in [5.41, 5.74) is 4.49. The molecule has 6 nitrogen and oxygen atoms in total. The number of aryl methyl sites for hydroxylation is 1. The number of nitrogens with zero attached hydrogens (tertiary/aromatic N) is 1. The van der Waals surface area contributed by atoms with E-state index in [1.807, 2.05) is 25.3 Å². The Balaban J connectivity index is 1.98. The number of benzene rings is 1. The highest BCUT2D eigenvalue weighted by Gasteiger charge is 2.21. The highest BCUT2D eigenvalue weighted by molar-refractivity contribution is 7.13. The summed E-state index contributed by atoms with van der Waals surface area (Å²) >= 11 is 1.42. The average Bonchev–Trinajstić information content (AvgIpc) is 3.20. The van der Waals surface area contributed by atoms with Crippen LogP contribution in [0.15, 0.2) is 29.6 Å². The second-order valence-electron chi connectivity index (χ2n) is 5.77. The number of esters is 1. The van der Waals surface area contributed by atoms with E-state index in [1.54, 1.807) is 25.1 Å². The third-order valence-corrected chi connectivity index (χ3v) is 4.93. The molecule has 0 fully saturated rings. The van der Waals surface area contributed by atoms with Gasteiger partial charge >= 0.3 is 11.9 Å². The first kappa shape index (κ1) is 17.9. The van der Waals surface area contributed by atoms with Crippen LogP contribution < -0.4 is 0 Å². The van der Waals surface area contributed by atoms with E-state index in [1.165, 1.54) is 11.3 Å². The zero-order valence-electron chi connectivity index (χ0n) is 14.6. The molecular weight excluding hydrogens is 352 g/mol. The van der Waals surface area contributed by atoms with Crippen LogP contribution >= 0.6 is 11.3 Å². The summed E-state index contributed by atoms with van der Waals surface area (Å²) < 4.78 is 5.12. The number of rotatable bonds is 5. The van der Waals surface area contributed by atoms with Gasteiger partial charge in [-0.2, -0.15) is 0 Å². The molecule has 2 N–H and O–H groups in total. The van der Waals surface area contributed by atoms with E-state index in [0.717, 1.165) is 22.5 Å². The molecule has 0 atom stereocenters. The van der Waals surface area contributed by atoms with Crippen molar-refractivity contribution in [3.63, 3.8) is 0 Å². The molecule has 0 aliphatic carbocycles. The van der Waals surface area contributed by atoms with Crippen molar-refractivity contribution >= 4 is 23.3 Å². The minimum Gasteiger partial charge on any atom is -0.478 e. The Hall–Kier alpha value is -2.93. The van der Waals surface area contributed by atoms with Crippen molar-refractivity contribution in [3.05, 3.63) is 52.0 Å². The van der Waals surface area contributed by atoms with Gasteiger partial charge in [0.2, 0.25) is 0 Å². The normalized spacial score (nSPS) is 10.7. The standard InChI is InChI=1S/C19H18N2O4S/c1-4-25-19(24)15-10(2)16(20-11(15)3)14-9-26-17(21-14)12-6-5-7-13(8-12)18(22)23/h5-9,20H,4H2,1-3H3,(H,22,23). The molecule has 0 radical (unpaired) electrons. The Morgan fingerprint density at radius 2 is 2.08 bits per heavy atom. The molecule has 7 heteroatoms. The average molecular weight is 370 g/mol. The Morgan fingerprint density at radius 3 is 2.77 bits per heavy atom. The van der Waals surface area contributed by atoms with E-state index in [0.29, 0.717) is 22.9 Å². The summed E-state index contributed by atoms with van der Waals surface area (Å²) in [4.78, 5) is 31.1. The number of carbonyl (C=O) groups excluding carboxylic acids is 1. The molecule has 3 aromatic rings. The molecule has 2 heterocycles. The molecule has 0 spiro atoms. The molecule has 0 saturated heterocycles. The Morgan fingerprint density at radius 1 is 1.31 bits per heavy atom. The summed E-state index contributed by atoms with van der Waals surface area (Å²) in [6.07, 6.45) is 0. The van der Waals surface area contributed by atoms with Gasteiger partial charge in [0.15, 0.2) is 0 Å². The monoisotopic (exact) mass is 370 g/mol. The van der Waals surface area contributed by atoms with Crippen molar-refractivity contribution in [2.45, 2.75) is 20.8 Å². The SMILES string of the molecule is CCOC(=O)c1c(C)[nH]c(-c2csc(-c3cccc(C(=O)O)c3)n2)c1C. The van der Waals surface area contributed by atoms with E-state index in [2.05, 4.69) is 9.97 Å². The fourth-order valence-electron chi connectivity index (χ4n) is 2.82. The van der Waals surface area contributed by atoms with E-state index in [9.17, 15) is 9.59 Å². The van der Waals surface area contributed by atoms with Crippen LogP contribution in [-0.2, 0) is 4.74 Å². The number of carboxylic acids is 1. The fourth-order valence-corrected chi connectivity index (χ4v) is 3.63. The second kappa shape index (κ2) is 7.13. The summed E-state index contributed by atoms with van der Waals surface area (Å²) in [7, 11) is 0. The van der Waals surface area contributed by atoms with Gasteiger partial charge in [0.05, 0.1) is 29.1 Å². The first-order valence-electron chi connectivity index (χ1n) is 8.08. The highest BCUT2D eigenvalue weighted by Crippen LogP contribution is 2.32. The summed E-state index contributed by atoms with van der Waals surface area (Å²) in [6, 6.07) is 6.67. The molecule has 134 valence electrons. The molecule has 0 amide bonds. The second-order valence-corrected chi connectivity index (χ2v) is 6.63. The number of aromatic carboxylic acids is 1. The van der Waals surface area contributed by atoms with Gasteiger partial charge in [0, 0.05) is 16.6 Å². The van der Waals surface area contributed by atoms with Gasteiger partial charge in [0.1, 0.15) is 5.01 Å². The number of carbonyl (C=O) groups is 2. The van der Waals surface area contributed by atoms with Gasteiger partial charge in [0.25, 0.3) is 0 Å². The third-order valence-electron chi connectivity index (χ3n) is 4.03. The van der Waals surface area contributed by atoms with E-state index in [4.69, 9.17) is 9.84 Å². The van der Waals surface area contributed by atoms with Crippen LogP contribution in [0.25, 0.3) is 22.0 Å². The lowest BCUT2D eigenvalue weighted by Crippen LogP contribution is -2.06. The highest BCUT2D eigenvalue weighted by atomic mass is 32.1. The number of ether oxygens (including phenoxy) is 1. The molecule has 2 aromatic heterocycles. The van der Waals surface area contributed by atoms with Crippen molar-refractivity contribution in [3.8, 4) is 22.0 Å². The number of hydrogen-bond donors (Lipinski definition) is 2. The lowest BCUT2D eigenvalue weighted by molar-refractivity contribution is 0.0524. The molecule has 0 aliphatic heterocycles. The van der Waals surface area contributed by atoms with Crippen LogP contribution in [0, 0.1) is 13.8 Å². The number of aromatic nitrogens is 2. The number of H-pyrrole nitrogens is 1. The Labute approximate surface area is 154 Å². The van der Waals surface area contributed by atoms with Gasteiger partial charge in [-0.05, 0) is 38.5 Å². The molecular formula is C19H18N2O4S. The predicted molar refractivity (Wildman–Crippen MR) is 99.7 cm³/mol. The van der Waals surface area contributed by atoms with E-state index in [-0.39, 0.29) is 11.5 Å². The zero-order valence-corrected chi connectivity index (χ0v) is 15.4. The van der Waals surface area contributed by atoms with Gasteiger partial charge in [-0.3, -0.25) is 0 Å². The number of nitrogens with one attached hydrogen (secondary N) is 1. The van der Waals surface area contributed by atoms with Crippen molar-refractivity contribution in [1.82, 2.24) is 9.97 Å². The van der Waals surface area contributed by atoms with Crippen LogP contribution in [-0.4, -0.2) is 33.6 Å². The molecule has 26 heavy (non-hydrogen) atoms. The van der Waals surface area contributed by atoms with Crippen LogP contribution in [0.1, 0.15) is 38.9 Å². The maximum absolute atomic E-state index is 12.1. The summed E-state index contributed by atoms with van der Waals surface area (Å²) in [5, 5.41) is 11.7. The van der Waals surface area contributed by atoms with Crippen molar-refractivity contribution in [1.29, 1.82) is 0 Å². The quantitative estimate of drug-likeness (QED) is 0.653. The molecule has 0 unspecified atom stereocenters. The molecule has 1 aromatic carbocycles. The summed E-state index contributed by atoms with van der Waals surface area (Å²) in [6.45, 7) is 5.77. The largest absolute Gasteiger partial charge is 0.478 e. The van der Waals surface area contributed by atoms with Crippen LogP contribution in [0.2, 0.25) is 0 Å². The Bertz CT molecular complexity index is 987. The smallest absolute Gasteiger partial charge is 0.340 e. The first-order valence-corrected chi connectivity index (χ1v) is 8.96. The zero-order chi connectivity index (χ0) is 18.8. The number of aromatic amines is 1. The van der Waals surface area contributed by atoms with Crippen molar-refractivity contribution in [2.75, 3.05) is 6.61 Å². The maximum atomic E-state index is 12.1. The minimum atomic E-state index is -0.974. The fraction of sp³-hybridized carbons (Fsp3) is 0.211. The predicted octanol–water partition coefficient (Wildman–Crippen LogP) is 4.30. The lowest BCUT2D eigenvalue weighted by Gasteiger charge is -2.02. The van der Waals surface area contributed by atoms with Gasteiger partial charge in [-0.25, -0.2) is 14.6 Å². The first-order chi connectivity index (χ1) is 12.4. The Kier molecular flexibility index (Phi) is 4.90. The molecule has 0 aliphatic rings. The van der Waals surface area contributed by atoms with Crippen molar-refractivity contribution in [2.24, 2.45) is 0 Å². The molecule has 0 bridgehead atoms. The van der Waals surface area contributed by atoms with Gasteiger partial charge < -0.3 is 14.8 Å². The van der Waals surface area contributed by atoms with E-state index < -0.39 is 5.97 Å². The number of carboxylic acid groups (broad SMARTS) is 1. The van der Waals surface area contributed by atoms with Gasteiger partial charge in [-0.1, -0.05) is 12.1 Å². The minimum absolute atomic E-state index is 0.218. The van der Waals surface area contributed by atoms with Crippen LogP contribution in [0.3, 0.4) is 0 Å². The third kappa shape index (κ3) is 3.25. The van der Waals surface area contributed by atoms with E-state index >= 15 is 0 Å². The van der Waals surface area contributed by atoms with Crippen LogP contribution in [0.4, 0.5) is 0 Å². The molecule has 3 rings (SSSR count). The lowest BCUT2D eigenvalue weighted by atomic mass is 10.1. The van der Waals surface area contributed by atoms with Gasteiger partial charge in [-0.15, -0.1) is 11.3 Å². The van der Waals surface area contributed by atoms with Crippen LogP contribution in [0.5, 0.6) is 0 Å². The van der Waals surface area contributed by atoms with Crippen molar-refractivity contribution < 1.29 is 19.4 Å².